The topological polar surface area (TPSA) is 116 Å². The number of nitrogens with one attached hydrogen (secondary N) is 1. The number of ether oxygens (including phenoxy) is 1. The normalized spacial score (nSPS) is 21.2. The van der Waals surface area contributed by atoms with Crippen molar-refractivity contribution >= 4 is 17.8 Å². The maximum atomic E-state index is 12.9. The monoisotopic (exact) mass is 406 g/mol. The third kappa shape index (κ3) is 6.54. The molecule has 0 spiro atoms. The van der Waals surface area contributed by atoms with Gasteiger partial charge in [0.1, 0.15) is 12.1 Å². The van der Waals surface area contributed by atoms with Crippen LogP contribution in [0.5, 0.6) is 0 Å². The van der Waals surface area contributed by atoms with Crippen molar-refractivity contribution in [3.8, 4) is 0 Å². The standard InChI is InChI=1S/C21H30N2O6/c1-13(2)9-17(20(25)26)22-14(3)19(24)23-11-16(10-18(23)21(27)28)29-12-15-7-5-4-6-8-15/h4-8,13-14,16-18,22H,9-12H2,1-3H3,(H,25,26)(H,27,28)/t14-,16?,17?,18?/m0/s1. The van der Waals surface area contributed by atoms with E-state index in [0.29, 0.717) is 13.0 Å². The number of carboxylic acids is 2. The number of benzene rings is 1. The first-order valence-electron chi connectivity index (χ1n) is 9.86. The Morgan fingerprint density at radius 2 is 1.83 bits per heavy atom. The highest BCUT2D eigenvalue weighted by Crippen LogP contribution is 2.23. The molecule has 4 atom stereocenters. The van der Waals surface area contributed by atoms with E-state index >= 15 is 0 Å². The lowest BCUT2D eigenvalue weighted by atomic mass is 10.0. The number of amides is 1. The van der Waals surface area contributed by atoms with Gasteiger partial charge in [-0.1, -0.05) is 44.2 Å². The van der Waals surface area contributed by atoms with Crippen molar-refractivity contribution in [2.45, 2.75) is 64.4 Å². The Labute approximate surface area is 170 Å². The summed E-state index contributed by atoms with van der Waals surface area (Å²) in [5.41, 5.74) is 0.970. The van der Waals surface area contributed by atoms with Gasteiger partial charge in [-0.2, -0.15) is 0 Å². The van der Waals surface area contributed by atoms with Crippen LogP contribution in [0, 0.1) is 5.92 Å². The van der Waals surface area contributed by atoms with E-state index in [-0.39, 0.29) is 18.9 Å². The van der Waals surface area contributed by atoms with Gasteiger partial charge in [-0.25, -0.2) is 4.79 Å². The molecule has 0 bridgehead atoms. The third-order valence-corrected chi connectivity index (χ3v) is 4.99. The summed E-state index contributed by atoms with van der Waals surface area (Å²) in [5, 5.41) is 21.8. The summed E-state index contributed by atoms with van der Waals surface area (Å²) < 4.78 is 5.83. The SMILES string of the molecule is CC(C)CC(N[C@@H](C)C(=O)N1CC(OCc2ccccc2)CC1C(=O)O)C(=O)O. The van der Waals surface area contributed by atoms with Crippen LogP contribution in [-0.2, 0) is 25.7 Å². The van der Waals surface area contributed by atoms with E-state index in [0.717, 1.165) is 5.56 Å². The van der Waals surface area contributed by atoms with Gasteiger partial charge in [0, 0.05) is 13.0 Å². The highest BCUT2D eigenvalue weighted by Gasteiger charge is 2.42. The first-order chi connectivity index (χ1) is 13.7. The Hall–Kier alpha value is -2.45. The van der Waals surface area contributed by atoms with E-state index in [9.17, 15) is 24.6 Å². The van der Waals surface area contributed by atoms with Crippen molar-refractivity contribution in [1.29, 1.82) is 0 Å². The number of hydrogen-bond donors (Lipinski definition) is 3. The van der Waals surface area contributed by atoms with E-state index < -0.39 is 42.1 Å². The van der Waals surface area contributed by atoms with Crippen LogP contribution < -0.4 is 5.32 Å². The second-order valence-corrected chi connectivity index (χ2v) is 7.91. The van der Waals surface area contributed by atoms with Crippen LogP contribution in [0.25, 0.3) is 0 Å². The molecule has 1 fully saturated rings. The molecule has 160 valence electrons. The summed E-state index contributed by atoms with van der Waals surface area (Å²) in [6.07, 6.45) is 0.186. The molecule has 1 amide bonds. The smallest absolute Gasteiger partial charge is 0.326 e. The number of carbonyl (C=O) groups excluding carboxylic acids is 1. The Balaban J connectivity index is 2.00. The number of rotatable bonds is 10. The number of carboxylic acid groups (broad SMARTS) is 2. The van der Waals surface area contributed by atoms with Crippen LogP contribution in [0.4, 0.5) is 0 Å². The number of nitrogens with zero attached hydrogens (tertiary/aromatic N) is 1. The molecular weight excluding hydrogens is 376 g/mol. The van der Waals surface area contributed by atoms with Crippen LogP contribution in [0.2, 0.25) is 0 Å². The summed E-state index contributed by atoms with van der Waals surface area (Å²) in [6.45, 7) is 5.87. The van der Waals surface area contributed by atoms with Gasteiger partial charge in [0.05, 0.1) is 18.8 Å². The quantitative estimate of drug-likeness (QED) is 0.542. The largest absolute Gasteiger partial charge is 0.480 e. The van der Waals surface area contributed by atoms with Gasteiger partial charge in [-0.15, -0.1) is 0 Å². The molecule has 0 aromatic heterocycles. The lowest BCUT2D eigenvalue weighted by Crippen LogP contribution is -2.53. The molecule has 1 aliphatic rings. The van der Waals surface area contributed by atoms with Gasteiger partial charge < -0.3 is 19.8 Å². The van der Waals surface area contributed by atoms with Crippen LogP contribution in [-0.4, -0.2) is 63.7 Å². The molecule has 8 heteroatoms. The van der Waals surface area contributed by atoms with E-state index in [1.807, 2.05) is 44.2 Å². The van der Waals surface area contributed by atoms with E-state index in [4.69, 9.17) is 4.74 Å². The minimum Gasteiger partial charge on any atom is -0.480 e. The fourth-order valence-electron chi connectivity index (χ4n) is 3.52. The highest BCUT2D eigenvalue weighted by atomic mass is 16.5. The van der Waals surface area contributed by atoms with Crippen molar-refractivity contribution in [3.05, 3.63) is 35.9 Å². The Kier molecular flexibility index (Phi) is 8.16. The number of hydrogen-bond acceptors (Lipinski definition) is 5. The molecular formula is C21H30N2O6. The number of likely N-dealkylation sites (tertiary alicyclic amines) is 1. The predicted octanol–water partition coefficient (Wildman–Crippen LogP) is 1.73. The van der Waals surface area contributed by atoms with Gasteiger partial charge in [-0.05, 0) is 24.8 Å². The predicted molar refractivity (Wildman–Crippen MR) is 106 cm³/mol. The fourth-order valence-corrected chi connectivity index (χ4v) is 3.52. The summed E-state index contributed by atoms with van der Waals surface area (Å²) in [4.78, 5) is 37.3. The van der Waals surface area contributed by atoms with E-state index in [1.165, 1.54) is 4.90 Å². The van der Waals surface area contributed by atoms with E-state index in [1.54, 1.807) is 6.92 Å². The Bertz CT molecular complexity index is 708. The molecule has 1 aromatic rings. The number of aliphatic carboxylic acids is 2. The molecule has 1 aromatic carbocycles. The molecule has 3 unspecified atom stereocenters. The van der Waals surface area contributed by atoms with Gasteiger partial charge in [0.15, 0.2) is 0 Å². The van der Waals surface area contributed by atoms with Gasteiger partial charge >= 0.3 is 11.9 Å². The molecule has 1 aliphatic heterocycles. The summed E-state index contributed by atoms with van der Waals surface area (Å²) in [6, 6.07) is 6.85. The average molecular weight is 406 g/mol. The van der Waals surface area contributed by atoms with Crippen molar-refractivity contribution in [1.82, 2.24) is 10.2 Å². The Morgan fingerprint density at radius 1 is 1.17 bits per heavy atom. The first-order valence-corrected chi connectivity index (χ1v) is 9.86. The molecule has 29 heavy (non-hydrogen) atoms. The van der Waals surface area contributed by atoms with Gasteiger partial charge in [0.25, 0.3) is 0 Å². The minimum absolute atomic E-state index is 0.139. The molecule has 8 nitrogen and oxygen atoms in total. The van der Waals surface area contributed by atoms with Crippen LogP contribution in [0.15, 0.2) is 30.3 Å². The molecule has 1 heterocycles. The summed E-state index contributed by atoms with van der Waals surface area (Å²) in [7, 11) is 0. The van der Waals surface area contributed by atoms with Crippen molar-refractivity contribution in [2.24, 2.45) is 5.92 Å². The van der Waals surface area contributed by atoms with E-state index in [2.05, 4.69) is 5.32 Å². The van der Waals surface area contributed by atoms with Crippen LogP contribution >= 0.6 is 0 Å². The zero-order chi connectivity index (χ0) is 21.6. The fraction of sp³-hybridized carbons (Fsp3) is 0.571. The molecule has 0 aliphatic carbocycles. The summed E-state index contributed by atoms with van der Waals surface area (Å²) in [5.74, 6) is -2.41. The molecule has 3 N–H and O–H groups in total. The first kappa shape index (κ1) is 22.8. The second-order valence-electron chi connectivity index (χ2n) is 7.91. The maximum absolute atomic E-state index is 12.9. The van der Waals surface area contributed by atoms with Crippen molar-refractivity contribution in [3.63, 3.8) is 0 Å². The second kappa shape index (κ2) is 10.4. The molecule has 1 saturated heterocycles. The van der Waals surface area contributed by atoms with Crippen LogP contribution in [0.1, 0.15) is 39.2 Å². The van der Waals surface area contributed by atoms with Gasteiger partial charge in [-0.3, -0.25) is 14.9 Å². The molecule has 0 saturated carbocycles. The maximum Gasteiger partial charge on any atom is 0.326 e. The third-order valence-electron chi connectivity index (χ3n) is 4.99. The summed E-state index contributed by atoms with van der Waals surface area (Å²) >= 11 is 0. The van der Waals surface area contributed by atoms with Crippen LogP contribution in [0.3, 0.4) is 0 Å². The lowest BCUT2D eigenvalue weighted by molar-refractivity contribution is -0.149. The number of carbonyl (C=O) groups is 3. The molecule has 0 radical (unpaired) electrons. The zero-order valence-electron chi connectivity index (χ0n) is 17.1. The van der Waals surface area contributed by atoms with Crippen molar-refractivity contribution in [2.75, 3.05) is 6.54 Å². The lowest BCUT2D eigenvalue weighted by Gasteiger charge is -2.27. The molecule has 2 rings (SSSR count). The average Bonchev–Trinajstić information content (AvgIpc) is 3.10. The minimum atomic E-state index is -1.09. The zero-order valence-corrected chi connectivity index (χ0v) is 17.1. The Morgan fingerprint density at radius 3 is 2.38 bits per heavy atom. The van der Waals surface area contributed by atoms with Crippen molar-refractivity contribution < 1.29 is 29.3 Å². The highest BCUT2D eigenvalue weighted by molar-refractivity contribution is 5.88. The van der Waals surface area contributed by atoms with Gasteiger partial charge in [0.2, 0.25) is 5.91 Å².